The number of hydrogen-bond donors (Lipinski definition) is 1. The fourth-order valence-corrected chi connectivity index (χ4v) is 1.16. The number of hydrogen-bond acceptors (Lipinski definition) is 3. The first-order chi connectivity index (χ1) is 7.15. The second-order valence-corrected chi connectivity index (χ2v) is 3.19. The van der Waals surface area contributed by atoms with Crippen LogP contribution < -0.4 is 0 Å². The lowest BCUT2D eigenvalue weighted by Gasteiger charge is -2.14. The van der Waals surface area contributed by atoms with Gasteiger partial charge in [0.05, 0.1) is 7.11 Å². The number of carbonyl (C=O) groups excluding carboxylic acids is 2. The maximum atomic E-state index is 11.3. The molecule has 0 saturated carbocycles. The first-order valence-electron chi connectivity index (χ1n) is 4.60. The molecule has 1 rings (SSSR count). The van der Waals surface area contributed by atoms with E-state index in [4.69, 9.17) is 0 Å². The standard InChI is InChI=1S/C10H14N2O3/c1-12(9(13)10(14)15-2)6-4-8-3-5-11-7-8/h3,5,7,11H,4,6H2,1-2H3. The van der Waals surface area contributed by atoms with Gasteiger partial charge in [-0.2, -0.15) is 0 Å². The van der Waals surface area contributed by atoms with E-state index in [2.05, 4.69) is 9.72 Å². The number of aromatic amines is 1. The lowest BCUT2D eigenvalue weighted by atomic mass is 10.2. The number of H-pyrrole nitrogens is 1. The zero-order valence-corrected chi connectivity index (χ0v) is 8.82. The number of esters is 1. The molecule has 0 aliphatic carbocycles. The predicted molar refractivity (Wildman–Crippen MR) is 54.1 cm³/mol. The van der Waals surface area contributed by atoms with Crippen LogP contribution in [0.25, 0.3) is 0 Å². The van der Waals surface area contributed by atoms with Crippen LogP contribution in [0.15, 0.2) is 18.5 Å². The summed E-state index contributed by atoms with van der Waals surface area (Å²) in [5.74, 6) is -1.44. The predicted octanol–water partition coefficient (Wildman–Crippen LogP) is 0.189. The minimum atomic E-state index is -0.827. The molecule has 0 fully saturated rings. The zero-order valence-electron chi connectivity index (χ0n) is 8.82. The first kappa shape index (κ1) is 11.3. The van der Waals surface area contributed by atoms with Crippen molar-refractivity contribution in [3.05, 3.63) is 24.0 Å². The van der Waals surface area contributed by atoms with E-state index in [1.165, 1.54) is 12.0 Å². The second-order valence-electron chi connectivity index (χ2n) is 3.19. The molecule has 1 aromatic heterocycles. The van der Waals surface area contributed by atoms with Crippen molar-refractivity contribution in [2.24, 2.45) is 0 Å². The molecular weight excluding hydrogens is 196 g/mol. The summed E-state index contributed by atoms with van der Waals surface area (Å²) in [6.45, 7) is 0.492. The SMILES string of the molecule is COC(=O)C(=O)N(C)CCc1cc[nH]c1. The summed E-state index contributed by atoms with van der Waals surface area (Å²) in [5.41, 5.74) is 1.10. The van der Waals surface area contributed by atoms with Crippen molar-refractivity contribution in [2.45, 2.75) is 6.42 Å². The van der Waals surface area contributed by atoms with Crippen molar-refractivity contribution in [3.63, 3.8) is 0 Å². The van der Waals surface area contributed by atoms with E-state index in [1.807, 2.05) is 18.5 Å². The summed E-state index contributed by atoms with van der Waals surface area (Å²) in [4.78, 5) is 26.4. The summed E-state index contributed by atoms with van der Waals surface area (Å²) in [5, 5.41) is 0. The molecule has 1 heterocycles. The fourth-order valence-electron chi connectivity index (χ4n) is 1.16. The normalized spacial score (nSPS) is 9.73. The smallest absolute Gasteiger partial charge is 0.396 e. The van der Waals surface area contributed by atoms with E-state index in [0.29, 0.717) is 13.0 Å². The molecule has 0 aromatic carbocycles. The highest BCUT2D eigenvalue weighted by atomic mass is 16.5. The molecule has 0 radical (unpaired) electrons. The van der Waals surface area contributed by atoms with Crippen LogP contribution in [0.5, 0.6) is 0 Å². The molecule has 82 valence electrons. The van der Waals surface area contributed by atoms with Crippen molar-refractivity contribution in [3.8, 4) is 0 Å². The van der Waals surface area contributed by atoms with Gasteiger partial charge in [-0.25, -0.2) is 4.79 Å². The maximum Gasteiger partial charge on any atom is 0.396 e. The molecule has 0 saturated heterocycles. The molecule has 0 bridgehead atoms. The van der Waals surface area contributed by atoms with Crippen LogP contribution in [-0.4, -0.2) is 42.5 Å². The highest BCUT2D eigenvalue weighted by Crippen LogP contribution is 1.99. The van der Waals surface area contributed by atoms with E-state index in [-0.39, 0.29) is 0 Å². The quantitative estimate of drug-likeness (QED) is 0.572. The van der Waals surface area contributed by atoms with E-state index < -0.39 is 11.9 Å². The molecule has 1 N–H and O–H groups in total. The Bertz CT molecular complexity index is 332. The summed E-state index contributed by atoms with van der Waals surface area (Å²) in [7, 11) is 2.77. The number of carbonyl (C=O) groups is 2. The van der Waals surface area contributed by atoms with Gasteiger partial charge < -0.3 is 14.6 Å². The molecule has 0 unspecified atom stereocenters. The van der Waals surface area contributed by atoms with Crippen LogP contribution in [0.2, 0.25) is 0 Å². The van der Waals surface area contributed by atoms with Gasteiger partial charge in [-0.1, -0.05) is 0 Å². The summed E-state index contributed by atoms with van der Waals surface area (Å²) in [6, 6.07) is 1.93. The van der Waals surface area contributed by atoms with Crippen molar-refractivity contribution >= 4 is 11.9 Å². The van der Waals surface area contributed by atoms with Gasteiger partial charge in [-0.05, 0) is 18.1 Å². The zero-order chi connectivity index (χ0) is 11.3. The number of nitrogens with one attached hydrogen (secondary N) is 1. The highest BCUT2D eigenvalue weighted by molar-refractivity contribution is 6.32. The average Bonchev–Trinajstić information content (AvgIpc) is 2.76. The molecule has 5 nitrogen and oxygen atoms in total. The minimum Gasteiger partial charge on any atom is -0.462 e. The van der Waals surface area contributed by atoms with Gasteiger partial charge >= 0.3 is 11.9 Å². The lowest BCUT2D eigenvalue weighted by Crippen LogP contribution is -2.35. The Morgan fingerprint density at radius 3 is 2.80 bits per heavy atom. The van der Waals surface area contributed by atoms with Crippen LogP contribution in [0, 0.1) is 0 Å². The van der Waals surface area contributed by atoms with E-state index >= 15 is 0 Å². The molecule has 1 amide bonds. The molecule has 0 atom stereocenters. The van der Waals surface area contributed by atoms with Crippen LogP contribution >= 0.6 is 0 Å². The third-order valence-electron chi connectivity index (χ3n) is 2.10. The lowest BCUT2D eigenvalue weighted by molar-refractivity contribution is -0.157. The molecule has 1 aromatic rings. The van der Waals surface area contributed by atoms with Crippen molar-refractivity contribution < 1.29 is 14.3 Å². The number of nitrogens with zero attached hydrogens (tertiary/aromatic N) is 1. The Morgan fingerprint density at radius 2 is 2.27 bits per heavy atom. The second kappa shape index (κ2) is 5.19. The Balaban J connectivity index is 2.39. The van der Waals surface area contributed by atoms with Gasteiger partial charge in [0.25, 0.3) is 0 Å². The van der Waals surface area contributed by atoms with Gasteiger partial charge in [0.2, 0.25) is 0 Å². The number of likely N-dealkylation sites (N-methyl/N-ethyl adjacent to an activating group) is 1. The average molecular weight is 210 g/mol. The van der Waals surface area contributed by atoms with Gasteiger partial charge in [0.1, 0.15) is 0 Å². The summed E-state index contributed by atoms with van der Waals surface area (Å²) < 4.78 is 4.33. The fraction of sp³-hybridized carbons (Fsp3) is 0.400. The van der Waals surface area contributed by atoms with Crippen molar-refractivity contribution in [1.82, 2.24) is 9.88 Å². The van der Waals surface area contributed by atoms with Gasteiger partial charge in [0.15, 0.2) is 0 Å². The monoisotopic (exact) mass is 210 g/mol. The van der Waals surface area contributed by atoms with Crippen LogP contribution in [0.3, 0.4) is 0 Å². The van der Waals surface area contributed by atoms with E-state index in [1.54, 1.807) is 7.05 Å². The number of methoxy groups -OCH3 is 1. The Hall–Kier alpha value is -1.78. The van der Waals surface area contributed by atoms with Gasteiger partial charge in [0, 0.05) is 26.0 Å². The van der Waals surface area contributed by atoms with Gasteiger partial charge in [-0.15, -0.1) is 0 Å². The molecule has 5 heteroatoms. The summed E-state index contributed by atoms with van der Waals surface area (Å²) >= 11 is 0. The van der Waals surface area contributed by atoms with Crippen LogP contribution in [0.1, 0.15) is 5.56 Å². The Morgan fingerprint density at radius 1 is 1.53 bits per heavy atom. The molecule has 0 spiro atoms. The number of aromatic nitrogens is 1. The molecule has 0 aliphatic rings. The van der Waals surface area contributed by atoms with Crippen molar-refractivity contribution in [2.75, 3.05) is 20.7 Å². The first-order valence-corrected chi connectivity index (χ1v) is 4.60. The van der Waals surface area contributed by atoms with Crippen molar-refractivity contribution in [1.29, 1.82) is 0 Å². The number of amides is 1. The van der Waals surface area contributed by atoms with Crippen LogP contribution in [-0.2, 0) is 20.7 Å². The van der Waals surface area contributed by atoms with Gasteiger partial charge in [-0.3, -0.25) is 4.79 Å². The van der Waals surface area contributed by atoms with Crippen LogP contribution in [0.4, 0.5) is 0 Å². The summed E-state index contributed by atoms with van der Waals surface area (Å²) in [6.07, 6.45) is 4.39. The Labute approximate surface area is 88.0 Å². The number of ether oxygens (including phenoxy) is 1. The topological polar surface area (TPSA) is 62.4 Å². The molecular formula is C10H14N2O3. The highest BCUT2D eigenvalue weighted by Gasteiger charge is 2.18. The molecule has 15 heavy (non-hydrogen) atoms. The molecule has 0 aliphatic heterocycles. The minimum absolute atomic E-state index is 0.492. The number of rotatable bonds is 3. The van der Waals surface area contributed by atoms with E-state index in [0.717, 1.165) is 5.56 Å². The maximum absolute atomic E-state index is 11.3. The largest absolute Gasteiger partial charge is 0.462 e. The van der Waals surface area contributed by atoms with E-state index in [9.17, 15) is 9.59 Å². The third-order valence-corrected chi connectivity index (χ3v) is 2.10. The Kier molecular flexibility index (Phi) is 3.91. The third kappa shape index (κ3) is 3.12.